The summed E-state index contributed by atoms with van der Waals surface area (Å²) in [4.78, 5) is 10.5. The van der Waals surface area contributed by atoms with Crippen molar-refractivity contribution in [1.29, 1.82) is 0 Å². The molecule has 0 amide bonds. The number of benzene rings is 1. The van der Waals surface area contributed by atoms with Crippen LogP contribution >= 0.6 is 11.6 Å². The van der Waals surface area contributed by atoms with Gasteiger partial charge in [-0.05, 0) is 30.5 Å². The van der Waals surface area contributed by atoms with E-state index in [0.717, 1.165) is 18.2 Å². The summed E-state index contributed by atoms with van der Waals surface area (Å²) in [5.41, 5.74) is 0.334. The first-order valence-electron chi connectivity index (χ1n) is 8.14. The summed E-state index contributed by atoms with van der Waals surface area (Å²) in [6.45, 7) is 0.113. The van der Waals surface area contributed by atoms with Crippen molar-refractivity contribution < 1.29 is 32.5 Å². The molecule has 1 aromatic carbocycles. The molecule has 0 atom stereocenters. The number of carbonyl (C=O) groups is 1. The molecule has 10 heteroatoms. The lowest BCUT2D eigenvalue weighted by atomic mass is 10.1. The largest absolute Gasteiger partial charge is 0.478 e. The predicted molar refractivity (Wildman–Crippen MR) is 95.4 cm³/mol. The molecule has 1 N–H and O–H groups in total. The van der Waals surface area contributed by atoms with Crippen LogP contribution in [0.3, 0.4) is 0 Å². The summed E-state index contributed by atoms with van der Waals surface area (Å²) in [6.07, 6.45) is -1.05. The molecule has 28 heavy (non-hydrogen) atoms. The zero-order chi connectivity index (χ0) is 20.7. The molecule has 0 saturated heterocycles. The average molecular weight is 419 g/mol. The van der Waals surface area contributed by atoms with Crippen LogP contribution in [-0.4, -0.2) is 34.8 Å². The molecule has 152 valence electrons. The van der Waals surface area contributed by atoms with E-state index in [4.69, 9.17) is 26.2 Å². The van der Waals surface area contributed by atoms with E-state index in [9.17, 15) is 18.0 Å². The topological polar surface area (TPSA) is 73.6 Å². The number of aromatic nitrogens is 2. The van der Waals surface area contributed by atoms with Gasteiger partial charge in [0.15, 0.2) is 6.79 Å². The fraction of sp³-hybridized carbons (Fsp3) is 0.333. The molecular weight excluding hydrogens is 401 g/mol. The second-order valence-corrected chi connectivity index (χ2v) is 6.17. The fourth-order valence-electron chi connectivity index (χ4n) is 2.39. The number of hydrogen-bond donors (Lipinski definition) is 1. The molecule has 0 aliphatic carbocycles. The number of nitrogens with zero attached hydrogens (tertiary/aromatic N) is 2. The SMILES string of the molecule is COCOc1cc(CC/C=C/C(=O)O)n(Cc2ccc(C(F)(F)F)cc2Cl)n1. The number of methoxy groups -OCH3 is 1. The number of rotatable bonds is 9. The highest BCUT2D eigenvalue weighted by Crippen LogP contribution is 2.32. The number of alkyl halides is 3. The van der Waals surface area contributed by atoms with Crippen molar-refractivity contribution in [2.24, 2.45) is 0 Å². The molecule has 2 aromatic rings. The van der Waals surface area contributed by atoms with Crippen LogP contribution in [0, 0.1) is 0 Å². The van der Waals surface area contributed by atoms with Gasteiger partial charge in [-0.3, -0.25) is 4.68 Å². The Bertz CT molecular complexity index is 850. The maximum atomic E-state index is 12.8. The number of hydrogen-bond acceptors (Lipinski definition) is 4. The predicted octanol–water partition coefficient (Wildman–Crippen LogP) is 4.16. The van der Waals surface area contributed by atoms with Crippen molar-refractivity contribution >= 4 is 17.6 Å². The molecule has 0 saturated carbocycles. The Balaban J connectivity index is 2.22. The Kier molecular flexibility index (Phi) is 7.47. The van der Waals surface area contributed by atoms with Crippen LogP contribution < -0.4 is 4.74 Å². The van der Waals surface area contributed by atoms with Crippen molar-refractivity contribution in [3.05, 3.63) is 58.3 Å². The molecule has 1 heterocycles. The van der Waals surface area contributed by atoms with E-state index in [0.29, 0.717) is 24.1 Å². The number of ether oxygens (including phenoxy) is 2. The maximum absolute atomic E-state index is 12.8. The first kappa shape index (κ1) is 21.8. The highest BCUT2D eigenvalue weighted by molar-refractivity contribution is 6.31. The molecule has 0 spiro atoms. The highest BCUT2D eigenvalue weighted by atomic mass is 35.5. The average Bonchev–Trinajstić information content (AvgIpc) is 2.99. The Labute approximate surface area is 164 Å². The Morgan fingerprint density at radius 2 is 2.11 bits per heavy atom. The molecule has 0 unspecified atom stereocenters. The number of halogens is 4. The Morgan fingerprint density at radius 1 is 1.36 bits per heavy atom. The number of aryl methyl sites for hydroxylation is 1. The molecule has 0 aliphatic heterocycles. The molecule has 0 radical (unpaired) electrons. The third-order valence-corrected chi connectivity index (χ3v) is 4.05. The van der Waals surface area contributed by atoms with Crippen molar-refractivity contribution in [3.63, 3.8) is 0 Å². The van der Waals surface area contributed by atoms with Gasteiger partial charge < -0.3 is 14.6 Å². The van der Waals surface area contributed by atoms with Gasteiger partial charge in [-0.1, -0.05) is 23.7 Å². The van der Waals surface area contributed by atoms with Crippen molar-refractivity contribution in [3.8, 4) is 5.88 Å². The summed E-state index contributed by atoms with van der Waals surface area (Å²) in [5.74, 6) is -0.767. The molecule has 0 aliphatic rings. The van der Waals surface area contributed by atoms with Gasteiger partial charge >= 0.3 is 12.1 Å². The minimum Gasteiger partial charge on any atom is -0.478 e. The standard InChI is InChI=1S/C18H18ClF3N2O4/c1-27-11-28-16-9-14(4-2-3-5-17(25)26)24(23-16)10-12-6-7-13(8-15(12)19)18(20,21)22/h3,5-9H,2,4,10-11H2,1H3,(H,25,26)/b5-3+. The number of aliphatic carboxylic acids is 1. The lowest BCUT2D eigenvalue weighted by molar-refractivity contribution is -0.137. The van der Waals surface area contributed by atoms with Crippen LogP contribution in [0.4, 0.5) is 13.2 Å². The van der Waals surface area contributed by atoms with E-state index in [1.807, 2.05) is 0 Å². The van der Waals surface area contributed by atoms with Crippen LogP contribution in [-0.2, 0) is 28.7 Å². The summed E-state index contributed by atoms with van der Waals surface area (Å²) >= 11 is 6.02. The van der Waals surface area contributed by atoms with Crippen LogP contribution in [0.25, 0.3) is 0 Å². The van der Waals surface area contributed by atoms with Gasteiger partial charge in [-0.25, -0.2) is 4.79 Å². The van der Waals surface area contributed by atoms with Crippen LogP contribution in [0.1, 0.15) is 23.2 Å². The zero-order valence-corrected chi connectivity index (χ0v) is 15.6. The summed E-state index contributed by atoms with van der Waals surface area (Å²) < 4.78 is 50.0. The van der Waals surface area contributed by atoms with Gasteiger partial charge in [0.2, 0.25) is 5.88 Å². The lowest BCUT2D eigenvalue weighted by Gasteiger charge is -2.11. The number of carboxylic acids is 1. The third kappa shape index (κ3) is 6.28. The summed E-state index contributed by atoms with van der Waals surface area (Å²) in [7, 11) is 1.45. The molecule has 2 rings (SSSR count). The van der Waals surface area contributed by atoms with Crippen molar-refractivity contribution in [2.75, 3.05) is 13.9 Å². The third-order valence-electron chi connectivity index (χ3n) is 3.69. The van der Waals surface area contributed by atoms with Crippen molar-refractivity contribution in [2.45, 2.75) is 25.6 Å². The van der Waals surface area contributed by atoms with Gasteiger partial charge in [0.1, 0.15) is 0 Å². The Morgan fingerprint density at radius 3 is 2.71 bits per heavy atom. The van der Waals surface area contributed by atoms with Gasteiger partial charge in [-0.2, -0.15) is 13.2 Å². The normalized spacial score (nSPS) is 11.9. The number of carboxylic acid groups (broad SMARTS) is 1. The van der Waals surface area contributed by atoms with E-state index < -0.39 is 17.7 Å². The van der Waals surface area contributed by atoms with Gasteiger partial charge in [0, 0.05) is 30.0 Å². The minimum absolute atomic E-state index is 0.0175. The molecule has 0 fully saturated rings. The summed E-state index contributed by atoms with van der Waals surface area (Å²) in [5, 5.41) is 12.9. The van der Waals surface area contributed by atoms with E-state index in [-0.39, 0.29) is 24.2 Å². The first-order valence-corrected chi connectivity index (χ1v) is 8.52. The monoisotopic (exact) mass is 418 g/mol. The molecule has 0 bridgehead atoms. The molecule has 1 aromatic heterocycles. The van der Waals surface area contributed by atoms with Gasteiger partial charge in [0.25, 0.3) is 0 Å². The highest BCUT2D eigenvalue weighted by Gasteiger charge is 2.30. The second kappa shape index (κ2) is 9.61. The first-order chi connectivity index (χ1) is 13.2. The van der Waals surface area contributed by atoms with Crippen LogP contribution in [0.2, 0.25) is 5.02 Å². The lowest BCUT2D eigenvalue weighted by Crippen LogP contribution is -2.09. The molecular formula is C18H18ClF3N2O4. The van der Waals surface area contributed by atoms with Gasteiger partial charge in [0.05, 0.1) is 12.1 Å². The second-order valence-electron chi connectivity index (χ2n) is 5.77. The van der Waals surface area contributed by atoms with E-state index in [2.05, 4.69) is 5.10 Å². The van der Waals surface area contributed by atoms with Crippen LogP contribution in [0.15, 0.2) is 36.4 Å². The van der Waals surface area contributed by atoms with E-state index in [1.165, 1.54) is 19.3 Å². The minimum atomic E-state index is -4.48. The van der Waals surface area contributed by atoms with E-state index >= 15 is 0 Å². The van der Waals surface area contributed by atoms with Crippen LogP contribution in [0.5, 0.6) is 5.88 Å². The van der Waals surface area contributed by atoms with Crippen molar-refractivity contribution in [1.82, 2.24) is 9.78 Å². The fourth-order valence-corrected chi connectivity index (χ4v) is 2.63. The maximum Gasteiger partial charge on any atom is 0.416 e. The quantitative estimate of drug-likeness (QED) is 0.489. The van der Waals surface area contributed by atoms with Gasteiger partial charge in [-0.15, -0.1) is 5.10 Å². The van der Waals surface area contributed by atoms with E-state index in [1.54, 1.807) is 10.7 Å². The summed E-state index contributed by atoms with van der Waals surface area (Å²) in [6, 6.07) is 4.79. The molecule has 6 nitrogen and oxygen atoms in total. The Hall–Kier alpha value is -2.52. The zero-order valence-electron chi connectivity index (χ0n) is 14.9. The number of allylic oxidation sites excluding steroid dienone is 1. The smallest absolute Gasteiger partial charge is 0.416 e.